The number of nitrogens with one attached hydrogen (secondary N) is 2. The van der Waals surface area contributed by atoms with Crippen LogP contribution in [-0.4, -0.2) is 59.0 Å². The van der Waals surface area contributed by atoms with E-state index >= 15 is 0 Å². The predicted octanol–water partition coefficient (Wildman–Crippen LogP) is 4.10. The summed E-state index contributed by atoms with van der Waals surface area (Å²) in [5.41, 5.74) is 4.04. The van der Waals surface area contributed by atoms with Crippen LogP contribution in [0.2, 0.25) is 0 Å². The van der Waals surface area contributed by atoms with E-state index < -0.39 is 21.9 Å². The van der Waals surface area contributed by atoms with E-state index in [1.165, 1.54) is 10.6 Å². The molecule has 9 nitrogen and oxygen atoms in total. The quantitative estimate of drug-likeness (QED) is 0.212. The van der Waals surface area contributed by atoms with Gasteiger partial charge in [-0.1, -0.05) is 36.4 Å². The van der Waals surface area contributed by atoms with Crippen LogP contribution in [0, 0.1) is 0 Å². The fourth-order valence-electron chi connectivity index (χ4n) is 4.50. The Morgan fingerprint density at radius 2 is 1.77 bits per heavy atom. The fourth-order valence-corrected chi connectivity index (χ4v) is 5.46. The molecule has 0 fully saturated rings. The minimum Gasteiger partial charge on any atom is -0.462 e. The van der Waals surface area contributed by atoms with Gasteiger partial charge >= 0.3 is 5.97 Å². The number of anilines is 2. The highest BCUT2D eigenvalue weighted by molar-refractivity contribution is 7.92. The first-order valence-electron chi connectivity index (χ1n) is 12.7. The van der Waals surface area contributed by atoms with Crippen LogP contribution in [0.3, 0.4) is 0 Å². The number of carbonyl (C=O) groups excluding carboxylic acids is 2. The summed E-state index contributed by atoms with van der Waals surface area (Å²) >= 11 is 0. The number of amides is 1. The Labute approximate surface area is 229 Å². The van der Waals surface area contributed by atoms with Crippen molar-refractivity contribution in [3.05, 3.63) is 89.5 Å². The van der Waals surface area contributed by atoms with Gasteiger partial charge in [0.1, 0.15) is 5.92 Å². The second-order valence-electron chi connectivity index (χ2n) is 9.12. The number of carbonyl (C=O) groups is 2. The molecule has 0 spiro atoms. The average molecular weight is 549 g/mol. The Balaban J connectivity index is 1.71. The number of aliphatic imine (C=N–C) groups is 1. The van der Waals surface area contributed by atoms with Crippen LogP contribution >= 0.6 is 0 Å². The summed E-state index contributed by atoms with van der Waals surface area (Å²) in [6.45, 7) is 3.04. The molecule has 0 aliphatic carbocycles. The molecule has 1 atom stereocenters. The molecule has 39 heavy (non-hydrogen) atoms. The van der Waals surface area contributed by atoms with Crippen LogP contribution in [0.1, 0.15) is 40.7 Å². The molecule has 1 heterocycles. The van der Waals surface area contributed by atoms with Crippen molar-refractivity contribution < 1.29 is 22.7 Å². The highest BCUT2D eigenvalue weighted by Crippen LogP contribution is 2.37. The van der Waals surface area contributed by atoms with Gasteiger partial charge in [0.25, 0.3) is 0 Å². The first-order valence-corrected chi connectivity index (χ1v) is 14.6. The van der Waals surface area contributed by atoms with Gasteiger partial charge in [-0.25, -0.2) is 13.2 Å². The fraction of sp³-hybridized carbons (Fsp3) is 0.276. The zero-order valence-corrected chi connectivity index (χ0v) is 23.0. The van der Waals surface area contributed by atoms with Crippen molar-refractivity contribution in [2.24, 2.45) is 4.99 Å². The monoisotopic (exact) mass is 548 g/mol. The van der Waals surface area contributed by atoms with Crippen LogP contribution in [0.4, 0.5) is 17.1 Å². The zero-order valence-electron chi connectivity index (χ0n) is 22.2. The number of hydrogen-bond donors (Lipinski definition) is 2. The number of hydrogen-bond acceptors (Lipinski definition) is 7. The maximum absolute atomic E-state index is 13.2. The van der Waals surface area contributed by atoms with E-state index in [0.29, 0.717) is 53.4 Å². The molecule has 1 amide bonds. The molecule has 0 radical (unpaired) electrons. The third-order valence-corrected chi connectivity index (χ3v) is 7.51. The topological polar surface area (TPSA) is 117 Å². The van der Waals surface area contributed by atoms with Crippen molar-refractivity contribution in [1.82, 2.24) is 5.32 Å². The standard InChI is InChI=1S/C29H32N4O5S/c1-4-38-29(35)21-11-16-24-25(19-21)32-28(34)26(24)27(20-9-6-5-7-10-20)31-22-12-14-23(15-13-22)33(39(3,36)37)18-8-17-30-2/h5-7,9-16,19,26,30H,4,8,17-18H2,1-3H3,(H,32,34). The first-order chi connectivity index (χ1) is 18.7. The second-order valence-corrected chi connectivity index (χ2v) is 11.0. The predicted molar refractivity (Wildman–Crippen MR) is 154 cm³/mol. The number of nitrogens with zero attached hydrogens (tertiary/aromatic N) is 2. The van der Waals surface area contributed by atoms with E-state index in [4.69, 9.17) is 9.73 Å². The molecule has 0 saturated heterocycles. The molecule has 1 aliphatic rings. The zero-order chi connectivity index (χ0) is 28.0. The number of sulfonamides is 1. The Morgan fingerprint density at radius 1 is 1.05 bits per heavy atom. The lowest BCUT2D eigenvalue weighted by molar-refractivity contribution is -0.115. The van der Waals surface area contributed by atoms with E-state index in [1.54, 1.807) is 49.4 Å². The number of esters is 1. The molecule has 3 aromatic carbocycles. The molecule has 4 rings (SSSR count). The van der Waals surface area contributed by atoms with Crippen molar-refractivity contribution in [2.75, 3.05) is 42.6 Å². The van der Waals surface area contributed by atoms with E-state index in [0.717, 1.165) is 5.56 Å². The van der Waals surface area contributed by atoms with Crippen molar-refractivity contribution in [2.45, 2.75) is 19.3 Å². The van der Waals surface area contributed by atoms with Gasteiger partial charge in [0, 0.05) is 12.2 Å². The van der Waals surface area contributed by atoms with Crippen molar-refractivity contribution in [3.63, 3.8) is 0 Å². The number of benzene rings is 3. The third kappa shape index (κ3) is 6.52. The lowest BCUT2D eigenvalue weighted by Gasteiger charge is -2.22. The van der Waals surface area contributed by atoms with Crippen molar-refractivity contribution in [1.29, 1.82) is 0 Å². The van der Waals surface area contributed by atoms with Gasteiger partial charge < -0.3 is 15.4 Å². The summed E-state index contributed by atoms with van der Waals surface area (Å²) in [5, 5.41) is 5.91. The minimum absolute atomic E-state index is 0.252. The molecular formula is C29H32N4O5S. The Hall–Kier alpha value is -4.02. The largest absolute Gasteiger partial charge is 0.462 e. The van der Waals surface area contributed by atoms with E-state index in [9.17, 15) is 18.0 Å². The highest BCUT2D eigenvalue weighted by Gasteiger charge is 2.36. The summed E-state index contributed by atoms with van der Waals surface area (Å²) in [4.78, 5) is 30.3. The van der Waals surface area contributed by atoms with Gasteiger partial charge in [0.05, 0.1) is 35.5 Å². The second kappa shape index (κ2) is 12.2. The molecule has 0 bridgehead atoms. The Bertz CT molecular complexity index is 1470. The van der Waals surface area contributed by atoms with Crippen molar-refractivity contribution in [3.8, 4) is 0 Å². The summed E-state index contributed by atoms with van der Waals surface area (Å²) in [6, 6.07) is 21.4. The Kier molecular flexibility index (Phi) is 8.78. The molecule has 10 heteroatoms. The maximum Gasteiger partial charge on any atom is 0.338 e. The molecule has 0 saturated carbocycles. The van der Waals surface area contributed by atoms with Crippen LogP contribution in [0.15, 0.2) is 77.8 Å². The summed E-state index contributed by atoms with van der Waals surface area (Å²) in [5.74, 6) is -1.41. The van der Waals surface area contributed by atoms with Crippen LogP contribution in [0.5, 0.6) is 0 Å². The molecule has 3 aromatic rings. The van der Waals surface area contributed by atoms with E-state index in [-0.39, 0.29) is 12.5 Å². The first kappa shape index (κ1) is 28.0. The summed E-state index contributed by atoms with van der Waals surface area (Å²) in [6.07, 6.45) is 1.85. The minimum atomic E-state index is -3.46. The van der Waals surface area contributed by atoms with Gasteiger partial charge in [-0.15, -0.1) is 0 Å². The smallest absolute Gasteiger partial charge is 0.338 e. The third-order valence-electron chi connectivity index (χ3n) is 6.31. The Morgan fingerprint density at radius 3 is 2.41 bits per heavy atom. The molecule has 204 valence electrons. The van der Waals surface area contributed by atoms with Gasteiger partial charge in [-0.3, -0.25) is 14.1 Å². The van der Waals surface area contributed by atoms with E-state index in [2.05, 4.69) is 10.6 Å². The molecular weight excluding hydrogens is 516 g/mol. The van der Waals surface area contributed by atoms with Gasteiger partial charge in [0.2, 0.25) is 15.9 Å². The number of ether oxygens (including phenoxy) is 1. The number of fused-ring (bicyclic) bond motifs is 1. The van der Waals surface area contributed by atoms with Crippen LogP contribution < -0.4 is 14.9 Å². The molecule has 0 aromatic heterocycles. The molecule has 1 aliphatic heterocycles. The van der Waals surface area contributed by atoms with Gasteiger partial charge in [0.15, 0.2) is 0 Å². The molecule has 2 N–H and O–H groups in total. The average Bonchev–Trinajstić information content (AvgIpc) is 3.25. The van der Waals surface area contributed by atoms with Gasteiger partial charge in [-0.05, 0) is 74.5 Å². The normalized spacial score (nSPS) is 15.0. The van der Waals surface area contributed by atoms with Crippen LogP contribution in [-0.2, 0) is 19.6 Å². The highest BCUT2D eigenvalue weighted by atomic mass is 32.2. The summed E-state index contributed by atoms with van der Waals surface area (Å²) in [7, 11) is -1.64. The maximum atomic E-state index is 13.2. The van der Waals surface area contributed by atoms with Crippen molar-refractivity contribution >= 4 is 44.7 Å². The van der Waals surface area contributed by atoms with Crippen LogP contribution in [0.25, 0.3) is 0 Å². The lowest BCUT2D eigenvalue weighted by atomic mass is 9.90. The molecule has 1 unspecified atom stereocenters. The van der Waals surface area contributed by atoms with Gasteiger partial charge in [-0.2, -0.15) is 0 Å². The SMILES string of the molecule is CCOC(=O)c1ccc2c(c1)NC(=O)C2C(=Nc1ccc(N(CCCNC)S(C)(=O)=O)cc1)c1ccccc1. The number of rotatable bonds is 11. The van der Waals surface area contributed by atoms with E-state index in [1.807, 2.05) is 37.4 Å². The lowest BCUT2D eigenvalue weighted by Crippen LogP contribution is -2.32. The summed E-state index contributed by atoms with van der Waals surface area (Å²) < 4.78 is 31.3.